The standard InChI is InChI=1S/C11H13NO6/c13-6-10-9(14)5-11(18-10)17-8-3-1-7(2-4-8)12(15)16/h1-4,9-11,13-14H,5-6H2/t9-,10+,11-/m1/s1. The molecule has 2 N–H and O–H groups in total. The molecule has 0 aromatic heterocycles. The van der Waals surface area contributed by atoms with Crippen molar-refractivity contribution in [2.45, 2.75) is 24.9 Å². The topological polar surface area (TPSA) is 102 Å². The highest BCUT2D eigenvalue weighted by atomic mass is 16.7. The fourth-order valence-electron chi connectivity index (χ4n) is 1.73. The monoisotopic (exact) mass is 255 g/mol. The molecule has 0 amide bonds. The molecule has 1 heterocycles. The number of rotatable bonds is 4. The third-order valence-corrected chi connectivity index (χ3v) is 2.68. The number of nitrogens with zero attached hydrogens (tertiary/aromatic N) is 1. The van der Waals surface area contributed by atoms with Gasteiger partial charge in [0.1, 0.15) is 11.9 Å². The Morgan fingerprint density at radius 1 is 1.44 bits per heavy atom. The lowest BCUT2D eigenvalue weighted by Gasteiger charge is -2.13. The summed E-state index contributed by atoms with van der Waals surface area (Å²) in [4.78, 5) is 9.96. The van der Waals surface area contributed by atoms with Crippen LogP contribution in [0.3, 0.4) is 0 Å². The molecule has 1 aliphatic rings. The van der Waals surface area contributed by atoms with E-state index in [0.29, 0.717) is 5.75 Å². The van der Waals surface area contributed by atoms with Crippen molar-refractivity contribution in [2.75, 3.05) is 6.61 Å². The Morgan fingerprint density at radius 2 is 2.11 bits per heavy atom. The molecule has 0 unspecified atom stereocenters. The SMILES string of the molecule is O=[N+]([O-])c1ccc(O[C@H]2C[C@@H](O)[C@H](CO)O2)cc1. The number of aliphatic hydroxyl groups is 2. The Balaban J connectivity index is 1.96. The van der Waals surface area contributed by atoms with E-state index in [4.69, 9.17) is 14.6 Å². The first-order valence-corrected chi connectivity index (χ1v) is 5.45. The first-order chi connectivity index (χ1) is 8.60. The molecule has 1 aliphatic heterocycles. The van der Waals surface area contributed by atoms with E-state index in [-0.39, 0.29) is 18.7 Å². The Kier molecular flexibility index (Phi) is 3.75. The Morgan fingerprint density at radius 3 is 2.61 bits per heavy atom. The second kappa shape index (κ2) is 5.30. The lowest BCUT2D eigenvalue weighted by molar-refractivity contribution is -0.384. The summed E-state index contributed by atoms with van der Waals surface area (Å²) >= 11 is 0. The highest BCUT2D eigenvalue weighted by molar-refractivity contribution is 5.36. The summed E-state index contributed by atoms with van der Waals surface area (Å²) in [6, 6.07) is 5.56. The van der Waals surface area contributed by atoms with Crippen molar-refractivity contribution < 1.29 is 24.6 Å². The number of nitro groups is 1. The van der Waals surface area contributed by atoms with Crippen LogP contribution in [0.15, 0.2) is 24.3 Å². The van der Waals surface area contributed by atoms with Gasteiger partial charge in [0.15, 0.2) is 0 Å². The summed E-state index contributed by atoms with van der Waals surface area (Å²) in [5.41, 5.74) is -0.0250. The predicted molar refractivity (Wildman–Crippen MR) is 60.1 cm³/mol. The van der Waals surface area contributed by atoms with Gasteiger partial charge in [-0.3, -0.25) is 10.1 Å². The maximum atomic E-state index is 10.5. The average molecular weight is 255 g/mol. The second-order valence-electron chi connectivity index (χ2n) is 3.96. The highest BCUT2D eigenvalue weighted by Gasteiger charge is 2.34. The molecule has 98 valence electrons. The maximum Gasteiger partial charge on any atom is 0.269 e. The van der Waals surface area contributed by atoms with Crippen molar-refractivity contribution in [3.8, 4) is 5.75 Å². The van der Waals surface area contributed by atoms with E-state index in [1.165, 1.54) is 24.3 Å². The summed E-state index contributed by atoms with van der Waals surface area (Å²) in [5, 5.41) is 28.9. The molecule has 7 heteroatoms. The van der Waals surface area contributed by atoms with Crippen LogP contribution in [0.2, 0.25) is 0 Å². The summed E-state index contributed by atoms with van der Waals surface area (Å²) in [5.74, 6) is 0.413. The van der Waals surface area contributed by atoms with Gasteiger partial charge in [0.05, 0.1) is 17.6 Å². The summed E-state index contributed by atoms with van der Waals surface area (Å²) < 4.78 is 10.6. The maximum absolute atomic E-state index is 10.5. The van der Waals surface area contributed by atoms with Gasteiger partial charge in [0.2, 0.25) is 6.29 Å². The molecule has 18 heavy (non-hydrogen) atoms. The van der Waals surface area contributed by atoms with E-state index in [1.807, 2.05) is 0 Å². The fourth-order valence-corrected chi connectivity index (χ4v) is 1.73. The fraction of sp³-hybridized carbons (Fsp3) is 0.455. The normalized spacial score (nSPS) is 27.1. The average Bonchev–Trinajstić information content (AvgIpc) is 2.70. The Labute approximate surface area is 103 Å². The van der Waals surface area contributed by atoms with Gasteiger partial charge < -0.3 is 19.7 Å². The van der Waals surface area contributed by atoms with E-state index in [1.54, 1.807) is 0 Å². The molecule has 1 aromatic carbocycles. The molecular formula is C11H13NO6. The number of hydrogen-bond donors (Lipinski definition) is 2. The third kappa shape index (κ3) is 2.76. The number of hydrogen-bond acceptors (Lipinski definition) is 6. The van der Waals surface area contributed by atoms with Crippen LogP contribution in [0.1, 0.15) is 6.42 Å². The smallest absolute Gasteiger partial charge is 0.269 e. The predicted octanol–water partition coefficient (Wildman–Crippen LogP) is 0.442. The van der Waals surface area contributed by atoms with E-state index in [9.17, 15) is 15.2 Å². The first-order valence-electron chi connectivity index (χ1n) is 5.45. The van der Waals surface area contributed by atoms with E-state index < -0.39 is 23.4 Å². The van der Waals surface area contributed by atoms with Gasteiger partial charge in [-0.2, -0.15) is 0 Å². The van der Waals surface area contributed by atoms with Crippen LogP contribution < -0.4 is 4.74 Å². The second-order valence-corrected chi connectivity index (χ2v) is 3.96. The molecule has 1 fully saturated rings. The quantitative estimate of drug-likeness (QED) is 0.598. The minimum absolute atomic E-state index is 0.0250. The zero-order chi connectivity index (χ0) is 13.1. The lowest BCUT2D eigenvalue weighted by atomic mass is 10.2. The van der Waals surface area contributed by atoms with Crippen LogP contribution in [-0.2, 0) is 4.74 Å². The Bertz CT molecular complexity index is 420. The molecule has 3 atom stereocenters. The van der Waals surface area contributed by atoms with Gasteiger partial charge in [-0.1, -0.05) is 0 Å². The number of aliphatic hydroxyl groups excluding tert-OH is 2. The van der Waals surface area contributed by atoms with E-state index >= 15 is 0 Å². The Hall–Kier alpha value is -1.70. The summed E-state index contributed by atoms with van der Waals surface area (Å²) in [6.07, 6.45) is -1.81. The van der Waals surface area contributed by atoms with Crippen molar-refractivity contribution in [3.63, 3.8) is 0 Å². The zero-order valence-corrected chi connectivity index (χ0v) is 9.43. The van der Waals surface area contributed by atoms with Crippen molar-refractivity contribution in [2.24, 2.45) is 0 Å². The lowest BCUT2D eigenvalue weighted by Crippen LogP contribution is -2.24. The van der Waals surface area contributed by atoms with Crippen LogP contribution in [0.4, 0.5) is 5.69 Å². The van der Waals surface area contributed by atoms with Gasteiger partial charge in [0.25, 0.3) is 5.69 Å². The zero-order valence-electron chi connectivity index (χ0n) is 9.43. The molecular weight excluding hydrogens is 242 g/mol. The van der Waals surface area contributed by atoms with Crippen LogP contribution in [0, 0.1) is 10.1 Å². The molecule has 0 bridgehead atoms. The van der Waals surface area contributed by atoms with Gasteiger partial charge in [-0.05, 0) is 12.1 Å². The molecule has 7 nitrogen and oxygen atoms in total. The summed E-state index contributed by atoms with van der Waals surface area (Å²) in [6.45, 7) is -0.276. The molecule has 0 spiro atoms. The van der Waals surface area contributed by atoms with Crippen LogP contribution >= 0.6 is 0 Å². The highest BCUT2D eigenvalue weighted by Crippen LogP contribution is 2.25. The number of non-ortho nitro benzene ring substituents is 1. The van der Waals surface area contributed by atoms with Gasteiger partial charge in [0, 0.05) is 18.6 Å². The number of benzene rings is 1. The van der Waals surface area contributed by atoms with Gasteiger partial charge >= 0.3 is 0 Å². The largest absolute Gasteiger partial charge is 0.465 e. The van der Waals surface area contributed by atoms with Crippen molar-refractivity contribution >= 4 is 5.69 Å². The van der Waals surface area contributed by atoms with Crippen LogP contribution in [-0.4, -0.2) is 40.2 Å². The first kappa shape index (κ1) is 12.7. The van der Waals surface area contributed by atoms with Crippen molar-refractivity contribution in [1.29, 1.82) is 0 Å². The minimum atomic E-state index is -0.766. The third-order valence-electron chi connectivity index (χ3n) is 2.68. The van der Waals surface area contributed by atoms with Crippen LogP contribution in [0.5, 0.6) is 5.75 Å². The number of nitro benzene ring substituents is 1. The van der Waals surface area contributed by atoms with Crippen molar-refractivity contribution in [1.82, 2.24) is 0 Å². The number of ether oxygens (including phenoxy) is 2. The molecule has 2 rings (SSSR count). The van der Waals surface area contributed by atoms with Crippen LogP contribution in [0.25, 0.3) is 0 Å². The molecule has 0 aliphatic carbocycles. The van der Waals surface area contributed by atoms with Gasteiger partial charge in [-0.25, -0.2) is 0 Å². The minimum Gasteiger partial charge on any atom is -0.465 e. The van der Waals surface area contributed by atoms with Crippen molar-refractivity contribution in [3.05, 3.63) is 34.4 Å². The molecule has 1 saturated heterocycles. The van der Waals surface area contributed by atoms with E-state index in [2.05, 4.69) is 0 Å². The van der Waals surface area contributed by atoms with E-state index in [0.717, 1.165) is 0 Å². The molecule has 1 aromatic rings. The van der Waals surface area contributed by atoms with Gasteiger partial charge in [-0.15, -0.1) is 0 Å². The molecule has 0 saturated carbocycles. The molecule has 0 radical (unpaired) electrons. The summed E-state index contributed by atoms with van der Waals surface area (Å²) in [7, 11) is 0.